The van der Waals surface area contributed by atoms with Crippen molar-refractivity contribution in [3.05, 3.63) is 77.9 Å². The van der Waals surface area contributed by atoms with Gasteiger partial charge in [-0.05, 0) is 29.8 Å². The Balaban J connectivity index is 1.63. The summed E-state index contributed by atoms with van der Waals surface area (Å²) in [7, 11) is 0. The molecule has 1 N–H and O–H groups in total. The van der Waals surface area contributed by atoms with Crippen LogP contribution in [0.25, 0.3) is 17.0 Å². The first-order valence-corrected chi connectivity index (χ1v) is 7.93. The molecule has 26 heavy (non-hydrogen) atoms. The molecule has 2 heterocycles. The third-order valence-corrected chi connectivity index (χ3v) is 3.95. The van der Waals surface area contributed by atoms with Gasteiger partial charge < -0.3 is 5.32 Å². The molecule has 126 valence electrons. The number of halogens is 1. The van der Waals surface area contributed by atoms with Crippen LogP contribution in [0.2, 0.25) is 0 Å². The Morgan fingerprint density at radius 1 is 1.12 bits per heavy atom. The maximum Gasteiger partial charge on any atom is 0.203 e. The Morgan fingerprint density at radius 3 is 2.73 bits per heavy atom. The molecule has 0 saturated heterocycles. The number of nitriles is 1. The summed E-state index contributed by atoms with van der Waals surface area (Å²) in [6.45, 7) is 0.528. The van der Waals surface area contributed by atoms with Crippen LogP contribution in [0.4, 0.5) is 10.2 Å². The zero-order valence-corrected chi connectivity index (χ0v) is 13.6. The van der Waals surface area contributed by atoms with Crippen molar-refractivity contribution in [3.63, 3.8) is 0 Å². The molecule has 0 unspecified atom stereocenters. The summed E-state index contributed by atoms with van der Waals surface area (Å²) in [6.07, 6.45) is 3.38. The van der Waals surface area contributed by atoms with Gasteiger partial charge in [-0.1, -0.05) is 24.3 Å². The van der Waals surface area contributed by atoms with Crippen LogP contribution in [-0.4, -0.2) is 19.6 Å². The van der Waals surface area contributed by atoms with E-state index < -0.39 is 0 Å². The van der Waals surface area contributed by atoms with Gasteiger partial charge in [0.15, 0.2) is 11.6 Å². The van der Waals surface area contributed by atoms with Gasteiger partial charge in [-0.25, -0.2) is 9.37 Å². The van der Waals surface area contributed by atoms with E-state index in [9.17, 15) is 4.39 Å². The Bertz CT molecular complexity index is 1110. The fourth-order valence-corrected chi connectivity index (χ4v) is 2.66. The Labute approximate surface area is 148 Å². The largest absolute Gasteiger partial charge is 0.363 e. The molecule has 0 radical (unpaired) electrons. The number of aromatic nitrogens is 4. The fraction of sp³-hybridized carbons (Fsp3) is 0.0526. The molecule has 0 amide bonds. The molecule has 0 aliphatic heterocycles. The highest BCUT2D eigenvalue weighted by atomic mass is 19.1. The maximum absolute atomic E-state index is 13.5. The minimum Gasteiger partial charge on any atom is -0.363 e. The number of hydrogen-bond donors (Lipinski definition) is 1. The normalized spacial score (nSPS) is 10.6. The maximum atomic E-state index is 13.5. The molecule has 2 aromatic heterocycles. The summed E-state index contributed by atoms with van der Waals surface area (Å²) in [6, 6.07) is 15.6. The standard InChI is InChI=1S/C19H13FN6/c20-16-3-1-2-15(10-16)18-24-25-19-17(22-8-9-26(18)19)23-12-14-6-4-13(11-21)5-7-14/h1-10H,12H2,(H,22,23). The van der Waals surface area contributed by atoms with Crippen molar-refractivity contribution < 1.29 is 4.39 Å². The minimum atomic E-state index is -0.326. The lowest BCUT2D eigenvalue weighted by atomic mass is 10.1. The Kier molecular flexibility index (Phi) is 4.00. The molecule has 4 aromatic rings. The van der Waals surface area contributed by atoms with E-state index in [1.54, 1.807) is 41.1 Å². The lowest BCUT2D eigenvalue weighted by Gasteiger charge is -2.07. The number of anilines is 1. The smallest absolute Gasteiger partial charge is 0.203 e. The lowest BCUT2D eigenvalue weighted by Crippen LogP contribution is -2.04. The quantitative estimate of drug-likeness (QED) is 0.614. The highest BCUT2D eigenvalue weighted by molar-refractivity contribution is 5.67. The van der Waals surface area contributed by atoms with E-state index in [1.165, 1.54) is 12.1 Å². The van der Waals surface area contributed by atoms with Crippen LogP contribution in [0.15, 0.2) is 60.9 Å². The predicted molar refractivity (Wildman–Crippen MR) is 94.7 cm³/mol. The van der Waals surface area contributed by atoms with E-state index in [0.29, 0.717) is 35.0 Å². The van der Waals surface area contributed by atoms with Gasteiger partial charge in [-0.3, -0.25) is 4.40 Å². The van der Waals surface area contributed by atoms with Gasteiger partial charge in [-0.15, -0.1) is 10.2 Å². The van der Waals surface area contributed by atoms with Crippen molar-refractivity contribution >= 4 is 11.5 Å². The first-order valence-electron chi connectivity index (χ1n) is 7.93. The number of rotatable bonds is 4. The SMILES string of the molecule is N#Cc1ccc(CNc2nccn3c(-c4cccc(F)c4)nnc23)cc1. The molecule has 7 heteroatoms. The first-order chi connectivity index (χ1) is 12.7. The van der Waals surface area contributed by atoms with Gasteiger partial charge in [-0.2, -0.15) is 5.26 Å². The third kappa shape index (κ3) is 2.96. The second-order valence-corrected chi connectivity index (χ2v) is 5.67. The van der Waals surface area contributed by atoms with Crippen LogP contribution in [0.5, 0.6) is 0 Å². The van der Waals surface area contributed by atoms with E-state index in [4.69, 9.17) is 5.26 Å². The third-order valence-electron chi connectivity index (χ3n) is 3.95. The van der Waals surface area contributed by atoms with Crippen molar-refractivity contribution in [2.45, 2.75) is 6.54 Å². The zero-order valence-electron chi connectivity index (χ0n) is 13.6. The average Bonchev–Trinajstić information content (AvgIpc) is 3.11. The van der Waals surface area contributed by atoms with Crippen molar-refractivity contribution in [1.82, 2.24) is 19.6 Å². The monoisotopic (exact) mass is 344 g/mol. The lowest BCUT2D eigenvalue weighted by molar-refractivity contribution is 0.628. The highest BCUT2D eigenvalue weighted by Crippen LogP contribution is 2.22. The molecule has 0 atom stereocenters. The average molecular weight is 344 g/mol. The van der Waals surface area contributed by atoms with Gasteiger partial charge in [0.05, 0.1) is 11.6 Å². The minimum absolute atomic E-state index is 0.326. The van der Waals surface area contributed by atoms with E-state index in [2.05, 4.69) is 26.6 Å². The second-order valence-electron chi connectivity index (χ2n) is 5.67. The van der Waals surface area contributed by atoms with E-state index >= 15 is 0 Å². The van der Waals surface area contributed by atoms with Gasteiger partial charge in [0, 0.05) is 24.5 Å². The number of nitrogens with one attached hydrogen (secondary N) is 1. The molecule has 0 saturated carbocycles. The van der Waals surface area contributed by atoms with Gasteiger partial charge in [0.25, 0.3) is 0 Å². The van der Waals surface area contributed by atoms with Gasteiger partial charge >= 0.3 is 0 Å². The van der Waals surface area contributed by atoms with Crippen molar-refractivity contribution in [2.24, 2.45) is 0 Å². The van der Waals surface area contributed by atoms with Crippen LogP contribution in [0.1, 0.15) is 11.1 Å². The first kappa shape index (κ1) is 15.7. The van der Waals surface area contributed by atoms with Crippen molar-refractivity contribution in [1.29, 1.82) is 5.26 Å². The molecule has 0 bridgehead atoms. The second kappa shape index (κ2) is 6.61. The predicted octanol–water partition coefficient (Wildman–Crippen LogP) is 3.41. The van der Waals surface area contributed by atoms with E-state index in [1.807, 2.05) is 12.1 Å². The van der Waals surface area contributed by atoms with Gasteiger partial charge in [0.1, 0.15) is 5.82 Å². The number of nitrogens with zero attached hydrogens (tertiary/aromatic N) is 5. The number of hydrogen-bond acceptors (Lipinski definition) is 5. The summed E-state index contributed by atoms with van der Waals surface area (Å²) in [5, 5.41) is 20.4. The summed E-state index contributed by atoms with van der Waals surface area (Å²) in [4.78, 5) is 4.32. The molecule has 0 fully saturated rings. The summed E-state index contributed by atoms with van der Waals surface area (Å²) in [5.74, 6) is 0.794. The highest BCUT2D eigenvalue weighted by Gasteiger charge is 2.12. The van der Waals surface area contributed by atoms with Crippen LogP contribution < -0.4 is 5.32 Å². The Hall–Kier alpha value is -3.79. The molecule has 0 aliphatic rings. The molecular weight excluding hydrogens is 331 g/mol. The Morgan fingerprint density at radius 2 is 1.96 bits per heavy atom. The summed E-state index contributed by atoms with van der Waals surface area (Å²) < 4.78 is 15.3. The number of benzene rings is 2. The molecule has 4 rings (SSSR count). The van der Waals surface area contributed by atoms with Crippen molar-refractivity contribution in [3.8, 4) is 17.5 Å². The van der Waals surface area contributed by atoms with Crippen LogP contribution in [-0.2, 0) is 6.54 Å². The van der Waals surface area contributed by atoms with Crippen LogP contribution in [0, 0.1) is 17.1 Å². The molecule has 2 aromatic carbocycles. The molecular formula is C19H13FN6. The topological polar surface area (TPSA) is 78.9 Å². The zero-order chi connectivity index (χ0) is 17.9. The fourth-order valence-electron chi connectivity index (χ4n) is 2.66. The van der Waals surface area contributed by atoms with E-state index in [-0.39, 0.29) is 5.82 Å². The van der Waals surface area contributed by atoms with Crippen molar-refractivity contribution in [2.75, 3.05) is 5.32 Å². The van der Waals surface area contributed by atoms with E-state index in [0.717, 1.165) is 5.56 Å². The van der Waals surface area contributed by atoms with Gasteiger partial charge in [0.2, 0.25) is 5.65 Å². The van der Waals surface area contributed by atoms with Crippen LogP contribution >= 0.6 is 0 Å². The number of fused-ring (bicyclic) bond motifs is 1. The molecule has 6 nitrogen and oxygen atoms in total. The summed E-state index contributed by atoms with van der Waals surface area (Å²) in [5.41, 5.74) is 2.82. The van der Waals surface area contributed by atoms with Crippen LogP contribution in [0.3, 0.4) is 0 Å². The molecule has 0 spiro atoms. The summed E-state index contributed by atoms with van der Waals surface area (Å²) >= 11 is 0. The molecule has 0 aliphatic carbocycles.